The van der Waals surface area contributed by atoms with Crippen molar-refractivity contribution in [2.75, 3.05) is 6.54 Å². The van der Waals surface area contributed by atoms with E-state index in [9.17, 15) is 8.42 Å². The van der Waals surface area contributed by atoms with E-state index >= 15 is 0 Å². The number of nitrogens with two attached hydrogens (primary N) is 2. The van der Waals surface area contributed by atoms with E-state index in [1.807, 2.05) is 6.92 Å². The van der Waals surface area contributed by atoms with Crippen molar-refractivity contribution in [2.24, 2.45) is 11.6 Å². The van der Waals surface area contributed by atoms with Crippen LogP contribution in [0.15, 0.2) is 40.4 Å². The lowest BCUT2D eigenvalue weighted by Gasteiger charge is -2.16. The lowest BCUT2D eigenvalue weighted by Crippen LogP contribution is -2.34. The average Bonchev–Trinajstić information content (AvgIpc) is 2.28. The summed E-state index contributed by atoms with van der Waals surface area (Å²) >= 11 is 0. The Hall–Kier alpha value is -1.57. The Bertz CT molecular complexity index is 550. The summed E-state index contributed by atoms with van der Waals surface area (Å²) in [5.41, 5.74) is 6.52. The van der Waals surface area contributed by atoms with Crippen LogP contribution >= 0.6 is 0 Å². The highest BCUT2D eigenvalue weighted by Crippen LogP contribution is 2.16. The van der Waals surface area contributed by atoms with Gasteiger partial charge in [-0.1, -0.05) is 17.7 Å². The van der Waals surface area contributed by atoms with Crippen LogP contribution < -0.4 is 11.6 Å². The van der Waals surface area contributed by atoms with Gasteiger partial charge < -0.3 is 15.8 Å². The van der Waals surface area contributed by atoms with Crippen LogP contribution in [0.1, 0.15) is 12.5 Å². The second-order valence-corrected chi connectivity index (χ2v) is 6.34. The van der Waals surface area contributed by atoms with Crippen molar-refractivity contribution < 1.29 is 13.5 Å². The molecule has 106 valence electrons. The van der Waals surface area contributed by atoms with Crippen LogP contribution in [-0.2, 0) is 9.84 Å². The second kappa shape index (κ2) is 6.05. The predicted octanol–water partition coefficient (Wildman–Crippen LogP) is 0.0828. The van der Waals surface area contributed by atoms with Crippen molar-refractivity contribution in [3.63, 3.8) is 0 Å². The van der Waals surface area contributed by atoms with Gasteiger partial charge in [-0.15, -0.1) is 0 Å². The average molecular weight is 285 g/mol. The molecule has 6 nitrogen and oxygen atoms in total. The third-order valence-corrected chi connectivity index (χ3v) is 4.03. The number of rotatable bonds is 5. The Morgan fingerprint density at radius 1 is 1.42 bits per heavy atom. The largest absolute Gasteiger partial charge is 0.392 e. The van der Waals surface area contributed by atoms with E-state index in [0.29, 0.717) is 0 Å². The fourth-order valence-electron chi connectivity index (χ4n) is 1.44. The van der Waals surface area contributed by atoms with E-state index in [-0.39, 0.29) is 16.5 Å². The minimum absolute atomic E-state index is 0.0874. The Balaban J connectivity index is 3.00. The number of hydrogen-bond acceptors (Lipinski definition) is 6. The van der Waals surface area contributed by atoms with Crippen LogP contribution in [0.2, 0.25) is 0 Å². The van der Waals surface area contributed by atoms with Crippen LogP contribution in [0.5, 0.6) is 0 Å². The molecule has 1 atom stereocenters. The molecule has 1 aromatic rings. The number of benzene rings is 1. The molecule has 19 heavy (non-hydrogen) atoms. The van der Waals surface area contributed by atoms with Gasteiger partial charge in [-0.25, -0.2) is 14.3 Å². The molecule has 0 saturated heterocycles. The summed E-state index contributed by atoms with van der Waals surface area (Å²) in [6, 6.07) is 6.36. The van der Waals surface area contributed by atoms with Gasteiger partial charge in [0.1, 0.15) is 5.03 Å². The quantitative estimate of drug-likeness (QED) is 0.522. The molecule has 0 aliphatic rings. The summed E-state index contributed by atoms with van der Waals surface area (Å²) in [6.07, 6.45) is 0.415. The lowest BCUT2D eigenvalue weighted by molar-refractivity contribution is 0.151. The lowest BCUT2D eigenvalue weighted by atomic mass is 10.2. The molecule has 5 N–H and O–H groups in total. The molecule has 0 bridgehead atoms. The van der Waals surface area contributed by atoms with Gasteiger partial charge in [0.15, 0.2) is 0 Å². The number of nitrogens with zero attached hydrogens (tertiary/aromatic N) is 1. The summed E-state index contributed by atoms with van der Waals surface area (Å²) in [7, 11) is -3.75. The van der Waals surface area contributed by atoms with Crippen LogP contribution in [0.3, 0.4) is 0 Å². The van der Waals surface area contributed by atoms with Crippen molar-refractivity contribution in [3.05, 3.63) is 41.1 Å². The first-order chi connectivity index (χ1) is 8.73. The first-order valence-electron chi connectivity index (χ1n) is 5.72. The van der Waals surface area contributed by atoms with Gasteiger partial charge >= 0.3 is 0 Å². The van der Waals surface area contributed by atoms with Gasteiger partial charge in [-0.3, -0.25) is 0 Å². The van der Waals surface area contributed by atoms with Crippen LogP contribution in [-0.4, -0.2) is 31.2 Å². The highest BCUT2D eigenvalue weighted by molar-refractivity contribution is 7.95. The van der Waals surface area contributed by atoms with E-state index in [0.717, 1.165) is 16.8 Å². The van der Waals surface area contributed by atoms with Gasteiger partial charge in [0.25, 0.3) is 0 Å². The number of hydrogen-bond donors (Lipinski definition) is 3. The molecule has 0 amide bonds. The fourth-order valence-corrected chi connectivity index (χ4v) is 2.48. The minimum atomic E-state index is -3.75. The molecule has 0 spiro atoms. The highest BCUT2D eigenvalue weighted by atomic mass is 32.2. The summed E-state index contributed by atoms with van der Waals surface area (Å²) in [5.74, 6) is 5.53. The van der Waals surface area contributed by atoms with E-state index in [2.05, 4.69) is 0 Å². The number of aliphatic hydroxyl groups is 1. The Morgan fingerprint density at radius 2 is 1.95 bits per heavy atom. The van der Waals surface area contributed by atoms with Crippen molar-refractivity contribution in [2.45, 2.75) is 24.8 Å². The van der Waals surface area contributed by atoms with Crippen LogP contribution in [0, 0.1) is 6.92 Å². The van der Waals surface area contributed by atoms with Crippen molar-refractivity contribution in [1.82, 2.24) is 5.01 Å². The number of sulfone groups is 1. The first kappa shape index (κ1) is 15.5. The number of hydrazine groups is 1. The van der Waals surface area contributed by atoms with E-state index in [1.54, 1.807) is 19.1 Å². The van der Waals surface area contributed by atoms with E-state index in [1.165, 1.54) is 12.1 Å². The summed E-state index contributed by atoms with van der Waals surface area (Å²) in [6.45, 7) is 3.49. The van der Waals surface area contributed by atoms with Crippen molar-refractivity contribution in [3.8, 4) is 0 Å². The third kappa shape index (κ3) is 4.23. The smallest absolute Gasteiger partial charge is 0.222 e. The zero-order chi connectivity index (χ0) is 14.6. The Labute approximate surface area is 113 Å². The molecule has 0 heterocycles. The molecule has 1 aromatic carbocycles. The summed E-state index contributed by atoms with van der Waals surface area (Å²) in [4.78, 5) is 0.109. The van der Waals surface area contributed by atoms with Crippen molar-refractivity contribution in [1.29, 1.82) is 0 Å². The zero-order valence-electron chi connectivity index (χ0n) is 10.9. The fraction of sp³-hybridized carbons (Fsp3) is 0.333. The maximum atomic E-state index is 12.1. The molecule has 0 aliphatic carbocycles. The standard InChI is InChI=1S/C12H19N3O3S/c1-9-3-5-11(6-4-9)19(17,18)12(13)8-15(14)7-10(2)16/h3-6,8,10,16H,7,13-14H2,1-2H3/b12-8+/t10-/m1/s1. The first-order valence-corrected chi connectivity index (χ1v) is 7.20. The molecule has 0 unspecified atom stereocenters. The molecule has 0 radical (unpaired) electrons. The van der Waals surface area contributed by atoms with E-state index < -0.39 is 15.9 Å². The third-order valence-electron chi connectivity index (χ3n) is 2.41. The highest BCUT2D eigenvalue weighted by Gasteiger charge is 2.18. The Kier molecular flexibility index (Phi) is 4.93. The Morgan fingerprint density at radius 3 is 2.42 bits per heavy atom. The zero-order valence-corrected chi connectivity index (χ0v) is 11.8. The molecule has 7 heteroatoms. The summed E-state index contributed by atoms with van der Waals surface area (Å²) < 4.78 is 24.3. The molecule has 0 saturated carbocycles. The van der Waals surface area contributed by atoms with Gasteiger partial charge in [0.2, 0.25) is 9.84 Å². The van der Waals surface area contributed by atoms with Gasteiger partial charge in [0, 0.05) is 0 Å². The van der Waals surface area contributed by atoms with Crippen LogP contribution in [0.25, 0.3) is 0 Å². The maximum Gasteiger partial charge on any atom is 0.222 e. The molecule has 0 fully saturated rings. The summed E-state index contributed by atoms with van der Waals surface area (Å²) in [5, 5.41) is 9.83. The number of aryl methyl sites for hydroxylation is 1. The van der Waals surface area contributed by atoms with Gasteiger partial charge in [0.05, 0.1) is 23.7 Å². The SMILES string of the molecule is Cc1ccc(S(=O)(=O)/C(N)=C/N(N)C[C@@H](C)O)cc1. The van der Waals surface area contributed by atoms with Gasteiger partial charge in [-0.05, 0) is 26.0 Å². The van der Waals surface area contributed by atoms with Gasteiger partial charge in [-0.2, -0.15) is 0 Å². The predicted molar refractivity (Wildman–Crippen MR) is 73.2 cm³/mol. The minimum Gasteiger partial charge on any atom is -0.392 e. The van der Waals surface area contributed by atoms with Crippen molar-refractivity contribution >= 4 is 9.84 Å². The molecule has 0 aromatic heterocycles. The molecule has 0 aliphatic heterocycles. The van der Waals surface area contributed by atoms with Crippen LogP contribution in [0.4, 0.5) is 0 Å². The molecular weight excluding hydrogens is 266 g/mol. The monoisotopic (exact) mass is 285 g/mol. The molecular formula is C12H19N3O3S. The maximum absolute atomic E-state index is 12.1. The second-order valence-electron chi connectivity index (χ2n) is 4.39. The van der Waals surface area contributed by atoms with E-state index in [4.69, 9.17) is 16.7 Å². The topological polar surface area (TPSA) is 110 Å². The molecule has 1 rings (SSSR count). The number of aliphatic hydroxyl groups excluding tert-OH is 1. The normalized spacial score (nSPS) is 14.2.